The second-order valence-corrected chi connectivity index (χ2v) is 11.5. The average molecular weight is 447 g/mol. The zero-order chi connectivity index (χ0) is 21.6. The van der Waals surface area contributed by atoms with Crippen molar-refractivity contribution >= 4 is 15.8 Å². The summed E-state index contributed by atoms with van der Waals surface area (Å²) < 4.78 is 34.2. The summed E-state index contributed by atoms with van der Waals surface area (Å²) in [4.78, 5) is 11.2. The number of rotatable bonds is 8. The van der Waals surface area contributed by atoms with Crippen LogP contribution in [0.1, 0.15) is 50.8 Å². The van der Waals surface area contributed by atoms with E-state index in [4.69, 9.17) is 9.26 Å². The lowest BCUT2D eigenvalue weighted by Crippen LogP contribution is -2.35. The summed E-state index contributed by atoms with van der Waals surface area (Å²) in [6, 6.07) is 3.17. The minimum absolute atomic E-state index is 0.215. The predicted octanol–water partition coefficient (Wildman–Crippen LogP) is 3.31. The number of sulfone groups is 1. The quantitative estimate of drug-likeness (QED) is 0.609. The van der Waals surface area contributed by atoms with Gasteiger partial charge in [0.05, 0.1) is 11.5 Å². The molecular weight excluding hydrogens is 416 g/mol. The molecule has 31 heavy (non-hydrogen) atoms. The number of hydrogen-bond donors (Lipinski definition) is 0. The van der Waals surface area contributed by atoms with Crippen LogP contribution in [0.4, 0.5) is 5.95 Å². The summed E-state index contributed by atoms with van der Waals surface area (Å²) in [5.41, 5.74) is 0. The lowest BCUT2D eigenvalue weighted by Gasteiger charge is -2.31. The van der Waals surface area contributed by atoms with E-state index >= 15 is 0 Å². The number of aromatic nitrogens is 3. The summed E-state index contributed by atoms with van der Waals surface area (Å²) >= 11 is 0. The average Bonchev–Trinajstić information content (AvgIpc) is 3.64. The van der Waals surface area contributed by atoms with Crippen LogP contribution in [0, 0.1) is 23.7 Å². The Morgan fingerprint density at radius 3 is 2.65 bits per heavy atom. The van der Waals surface area contributed by atoms with E-state index < -0.39 is 9.84 Å². The smallest absolute Gasteiger partial charge is 0.266 e. The standard InChI is InChI=1S/C22H30N4O4S/c1-14-11-18(14)21-24-22(25-30-21)26-8-5-15(6-9-26)19-12-16(19)7-10-29-20-4-3-17(13-23-20)31(2,27)28/h3-4,13-16,18-19H,5-12H2,1-2H3/t14?,16-,18?,19-/m1/s1. The van der Waals surface area contributed by atoms with E-state index in [2.05, 4.69) is 26.9 Å². The van der Waals surface area contributed by atoms with Crippen molar-refractivity contribution in [3.8, 4) is 5.88 Å². The highest BCUT2D eigenvalue weighted by Gasteiger charge is 2.44. The summed E-state index contributed by atoms with van der Waals surface area (Å²) in [5.74, 6) is 5.49. The molecule has 0 amide bonds. The molecule has 0 spiro atoms. The highest BCUT2D eigenvalue weighted by atomic mass is 32.2. The van der Waals surface area contributed by atoms with Gasteiger partial charge in [0.25, 0.3) is 5.95 Å². The number of hydrogen-bond acceptors (Lipinski definition) is 8. The third-order valence-corrected chi connectivity index (χ3v) is 8.24. The van der Waals surface area contributed by atoms with Crippen LogP contribution in [-0.2, 0) is 9.84 Å². The maximum absolute atomic E-state index is 11.5. The van der Waals surface area contributed by atoms with E-state index in [-0.39, 0.29) is 4.90 Å². The minimum atomic E-state index is -3.22. The van der Waals surface area contributed by atoms with E-state index in [1.165, 1.54) is 38.1 Å². The fourth-order valence-corrected chi connectivity index (χ4v) is 5.43. The summed E-state index contributed by atoms with van der Waals surface area (Å²) in [6.45, 7) is 4.85. The third-order valence-electron chi connectivity index (χ3n) is 7.14. The molecule has 0 bridgehead atoms. The molecule has 1 aliphatic heterocycles. The molecule has 3 fully saturated rings. The summed E-state index contributed by atoms with van der Waals surface area (Å²) in [5, 5.41) is 4.21. The zero-order valence-corrected chi connectivity index (χ0v) is 18.9. The van der Waals surface area contributed by atoms with Gasteiger partial charge in [0, 0.05) is 37.5 Å². The molecular formula is C22H30N4O4S. The summed E-state index contributed by atoms with van der Waals surface area (Å²) in [7, 11) is -3.22. The molecule has 5 rings (SSSR count). The molecule has 2 saturated carbocycles. The number of pyridine rings is 1. The highest BCUT2D eigenvalue weighted by Crippen LogP contribution is 2.50. The first kappa shape index (κ1) is 20.7. The Morgan fingerprint density at radius 1 is 1.23 bits per heavy atom. The van der Waals surface area contributed by atoms with Gasteiger partial charge in [0.2, 0.25) is 11.8 Å². The van der Waals surface area contributed by atoms with Crippen molar-refractivity contribution < 1.29 is 17.7 Å². The van der Waals surface area contributed by atoms with Crippen molar-refractivity contribution in [1.82, 2.24) is 15.1 Å². The molecule has 168 valence electrons. The second kappa shape index (κ2) is 8.07. The lowest BCUT2D eigenvalue weighted by atomic mass is 9.90. The Morgan fingerprint density at radius 2 is 2.00 bits per heavy atom. The molecule has 2 aliphatic carbocycles. The van der Waals surface area contributed by atoms with Gasteiger partial charge >= 0.3 is 0 Å². The van der Waals surface area contributed by atoms with Crippen molar-refractivity contribution in [3.63, 3.8) is 0 Å². The number of nitrogens with zero attached hydrogens (tertiary/aromatic N) is 4. The van der Waals surface area contributed by atoms with Gasteiger partial charge in [0.15, 0.2) is 9.84 Å². The monoisotopic (exact) mass is 446 g/mol. The molecule has 2 aromatic heterocycles. The largest absolute Gasteiger partial charge is 0.478 e. The van der Waals surface area contributed by atoms with Crippen LogP contribution >= 0.6 is 0 Å². The van der Waals surface area contributed by atoms with Gasteiger partial charge in [-0.3, -0.25) is 0 Å². The first-order valence-electron chi connectivity index (χ1n) is 11.3. The maximum Gasteiger partial charge on any atom is 0.266 e. The second-order valence-electron chi connectivity index (χ2n) is 9.48. The van der Waals surface area contributed by atoms with Crippen LogP contribution < -0.4 is 9.64 Å². The van der Waals surface area contributed by atoms with Gasteiger partial charge < -0.3 is 14.2 Å². The fourth-order valence-electron chi connectivity index (χ4n) is 4.87. The SMILES string of the molecule is CC1CC1c1nc(N2CCC([C@H]3C[C@H]3CCOc3ccc(S(C)(=O)=O)cn3)CC2)no1. The van der Waals surface area contributed by atoms with Crippen LogP contribution in [-0.4, -0.2) is 49.5 Å². The Hall–Kier alpha value is -2.16. The fraction of sp³-hybridized carbons (Fsp3) is 0.682. The predicted molar refractivity (Wildman–Crippen MR) is 115 cm³/mol. The molecule has 9 heteroatoms. The first-order chi connectivity index (χ1) is 14.9. The van der Waals surface area contributed by atoms with Gasteiger partial charge in [-0.2, -0.15) is 4.98 Å². The van der Waals surface area contributed by atoms with Gasteiger partial charge in [-0.05, 0) is 67.0 Å². The van der Waals surface area contributed by atoms with Crippen molar-refractivity contribution in [3.05, 3.63) is 24.2 Å². The van der Waals surface area contributed by atoms with Crippen LogP contribution in [0.25, 0.3) is 0 Å². The van der Waals surface area contributed by atoms with E-state index in [1.807, 2.05) is 0 Å². The molecule has 4 atom stereocenters. The Balaban J connectivity index is 1.03. The molecule has 3 aliphatic rings. The zero-order valence-electron chi connectivity index (χ0n) is 18.1. The molecule has 0 radical (unpaired) electrons. The van der Waals surface area contributed by atoms with Gasteiger partial charge in [-0.15, -0.1) is 0 Å². The van der Waals surface area contributed by atoms with Crippen LogP contribution in [0.3, 0.4) is 0 Å². The van der Waals surface area contributed by atoms with Gasteiger partial charge in [-0.1, -0.05) is 6.92 Å². The maximum atomic E-state index is 11.5. The highest BCUT2D eigenvalue weighted by molar-refractivity contribution is 7.90. The van der Waals surface area contributed by atoms with Crippen molar-refractivity contribution in [2.45, 2.75) is 49.8 Å². The molecule has 3 heterocycles. The number of piperidine rings is 1. The van der Waals surface area contributed by atoms with Crippen LogP contribution in [0.5, 0.6) is 5.88 Å². The van der Waals surface area contributed by atoms with Crippen molar-refractivity contribution in [2.24, 2.45) is 23.7 Å². The molecule has 2 aromatic rings. The normalized spacial score (nSPS) is 28.5. The topological polar surface area (TPSA) is 98.4 Å². The summed E-state index contributed by atoms with van der Waals surface area (Å²) in [6.07, 6.45) is 8.36. The van der Waals surface area contributed by atoms with Crippen molar-refractivity contribution in [2.75, 3.05) is 30.9 Å². The third kappa shape index (κ3) is 4.71. The van der Waals surface area contributed by atoms with E-state index in [0.717, 1.165) is 49.1 Å². The Labute approximate surface area is 183 Å². The van der Waals surface area contributed by atoms with Gasteiger partial charge in [-0.25, -0.2) is 13.4 Å². The number of ether oxygens (including phenoxy) is 1. The minimum Gasteiger partial charge on any atom is -0.478 e. The molecule has 0 N–H and O–H groups in total. The van der Waals surface area contributed by atoms with E-state index in [1.54, 1.807) is 12.1 Å². The van der Waals surface area contributed by atoms with Crippen LogP contribution in [0.2, 0.25) is 0 Å². The molecule has 2 unspecified atom stereocenters. The van der Waals surface area contributed by atoms with E-state index in [0.29, 0.717) is 24.3 Å². The lowest BCUT2D eigenvalue weighted by molar-refractivity contribution is 0.275. The molecule has 1 saturated heterocycles. The Bertz CT molecular complexity index is 1010. The first-order valence-corrected chi connectivity index (χ1v) is 13.1. The molecule has 0 aromatic carbocycles. The van der Waals surface area contributed by atoms with Gasteiger partial charge in [0.1, 0.15) is 0 Å². The molecule has 8 nitrogen and oxygen atoms in total. The van der Waals surface area contributed by atoms with E-state index in [9.17, 15) is 8.42 Å². The van der Waals surface area contributed by atoms with Crippen LogP contribution in [0.15, 0.2) is 27.7 Å². The number of anilines is 1. The Kier molecular flexibility index (Phi) is 5.40. The van der Waals surface area contributed by atoms with Crippen molar-refractivity contribution in [1.29, 1.82) is 0 Å².